The van der Waals surface area contributed by atoms with E-state index in [-0.39, 0.29) is 34.7 Å². The lowest BCUT2D eigenvalue weighted by molar-refractivity contribution is -0.133. The van der Waals surface area contributed by atoms with Gasteiger partial charge in [0.15, 0.2) is 5.78 Å². The zero-order valence-corrected chi connectivity index (χ0v) is 10.2. The van der Waals surface area contributed by atoms with E-state index in [9.17, 15) is 14.7 Å². The molecule has 0 amide bonds. The molecule has 1 aromatic carbocycles. The van der Waals surface area contributed by atoms with Crippen molar-refractivity contribution in [3.05, 3.63) is 22.3 Å². The highest BCUT2D eigenvalue weighted by atomic mass is 16.5. The van der Waals surface area contributed by atoms with Gasteiger partial charge in [0.25, 0.3) is 0 Å². The first-order valence-corrected chi connectivity index (χ1v) is 5.44. The standard InChI is InChI=1S/C13H14O4/c1-5-6(2)11(15)10(8(4)14)12-9(5)7(3)13(16)17-12/h7,15H,1-4H3. The first kappa shape index (κ1) is 11.6. The van der Waals surface area contributed by atoms with Crippen LogP contribution in [0.25, 0.3) is 0 Å². The average Bonchev–Trinajstić information content (AvgIpc) is 2.52. The lowest BCUT2D eigenvalue weighted by Gasteiger charge is -2.13. The number of esters is 1. The van der Waals surface area contributed by atoms with Gasteiger partial charge in [0.2, 0.25) is 0 Å². The number of hydrogen-bond donors (Lipinski definition) is 1. The van der Waals surface area contributed by atoms with Crippen molar-refractivity contribution in [2.45, 2.75) is 33.6 Å². The fraction of sp³-hybridized carbons (Fsp3) is 0.385. The number of phenolic OH excluding ortho intramolecular Hbond substituents is 1. The molecule has 1 N–H and O–H groups in total. The van der Waals surface area contributed by atoms with Crippen LogP contribution in [0.1, 0.15) is 46.8 Å². The van der Waals surface area contributed by atoms with Crippen LogP contribution in [0.5, 0.6) is 11.5 Å². The summed E-state index contributed by atoms with van der Waals surface area (Å²) in [6, 6.07) is 0. The van der Waals surface area contributed by atoms with Crippen molar-refractivity contribution in [3.8, 4) is 11.5 Å². The van der Waals surface area contributed by atoms with Gasteiger partial charge in [0, 0.05) is 5.56 Å². The van der Waals surface area contributed by atoms with Crippen molar-refractivity contribution >= 4 is 11.8 Å². The van der Waals surface area contributed by atoms with Gasteiger partial charge in [-0.1, -0.05) is 0 Å². The molecule has 1 atom stereocenters. The van der Waals surface area contributed by atoms with Gasteiger partial charge in [-0.2, -0.15) is 0 Å². The molecule has 4 heteroatoms. The molecule has 0 fully saturated rings. The first-order chi connectivity index (χ1) is 7.86. The zero-order chi connectivity index (χ0) is 12.9. The third kappa shape index (κ3) is 1.44. The molecule has 0 aromatic heterocycles. The Kier molecular flexibility index (Phi) is 2.45. The van der Waals surface area contributed by atoms with E-state index >= 15 is 0 Å². The van der Waals surface area contributed by atoms with Crippen LogP contribution < -0.4 is 4.74 Å². The van der Waals surface area contributed by atoms with Gasteiger partial charge in [-0.05, 0) is 38.8 Å². The van der Waals surface area contributed by atoms with Crippen molar-refractivity contribution in [1.82, 2.24) is 0 Å². The highest BCUT2D eigenvalue weighted by Crippen LogP contribution is 2.45. The average molecular weight is 234 g/mol. The number of ketones is 1. The van der Waals surface area contributed by atoms with Crippen LogP contribution in [0.15, 0.2) is 0 Å². The van der Waals surface area contributed by atoms with Crippen LogP contribution in [-0.4, -0.2) is 16.9 Å². The minimum atomic E-state index is -0.387. The second-order valence-corrected chi connectivity index (χ2v) is 4.42. The molecule has 0 spiro atoms. The molecule has 1 aliphatic heterocycles. The quantitative estimate of drug-likeness (QED) is 0.460. The number of phenols is 1. The van der Waals surface area contributed by atoms with Gasteiger partial charge in [-0.15, -0.1) is 0 Å². The van der Waals surface area contributed by atoms with E-state index in [1.807, 2.05) is 6.92 Å². The molecule has 0 saturated carbocycles. The van der Waals surface area contributed by atoms with Crippen LogP contribution in [0.2, 0.25) is 0 Å². The number of rotatable bonds is 1. The highest BCUT2D eigenvalue weighted by Gasteiger charge is 2.36. The summed E-state index contributed by atoms with van der Waals surface area (Å²) in [5.74, 6) is -0.923. The van der Waals surface area contributed by atoms with E-state index < -0.39 is 0 Å². The monoisotopic (exact) mass is 234 g/mol. The van der Waals surface area contributed by atoms with Crippen LogP contribution in [0.4, 0.5) is 0 Å². The fourth-order valence-corrected chi connectivity index (χ4v) is 2.24. The SMILES string of the molecule is CC(=O)c1c(O)c(C)c(C)c2c1OC(=O)C2C. The van der Waals surface area contributed by atoms with Gasteiger partial charge in [-0.25, -0.2) is 0 Å². The molecule has 0 saturated heterocycles. The van der Waals surface area contributed by atoms with Gasteiger partial charge in [0.05, 0.1) is 5.92 Å². The normalized spacial score (nSPS) is 17.9. The molecule has 4 nitrogen and oxygen atoms in total. The summed E-state index contributed by atoms with van der Waals surface area (Å²) < 4.78 is 5.11. The Morgan fingerprint density at radius 1 is 1.29 bits per heavy atom. The lowest BCUT2D eigenvalue weighted by atomic mass is 9.90. The minimum absolute atomic E-state index is 0.0874. The number of ether oxygens (including phenoxy) is 1. The van der Waals surface area contributed by atoms with Crippen molar-refractivity contribution in [3.63, 3.8) is 0 Å². The summed E-state index contributed by atoms with van der Waals surface area (Å²) in [7, 11) is 0. The van der Waals surface area contributed by atoms with E-state index in [1.54, 1.807) is 13.8 Å². The second kappa shape index (κ2) is 3.58. The molecule has 0 radical (unpaired) electrons. The number of aromatic hydroxyl groups is 1. The Balaban J connectivity index is 2.86. The van der Waals surface area contributed by atoms with E-state index in [4.69, 9.17) is 4.74 Å². The Hall–Kier alpha value is -1.84. The topological polar surface area (TPSA) is 63.6 Å². The highest BCUT2D eigenvalue weighted by molar-refractivity contribution is 6.03. The largest absolute Gasteiger partial charge is 0.507 e. The number of carbonyl (C=O) groups is 2. The zero-order valence-electron chi connectivity index (χ0n) is 10.2. The van der Waals surface area contributed by atoms with Gasteiger partial charge >= 0.3 is 5.97 Å². The number of carbonyl (C=O) groups excluding carboxylic acids is 2. The van der Waals surface area contributed by atoms with Crippen LogP contribution in [-0.2, 0) is 4.79 Å². The van der Waals surface area contributed by atoms with Crippen LogP contribution >= 0.6 is 0 Å². The third-order valence-electron chi connectivity index (χ3n) is 3.37. The number of fused-ring (bicyclic) bond motifs is 1. The maximum atomic E-state index is 11.6. The molecule has 17 heavy (non-hydrogen) atoms. The van der Waals surface area contributed by atoms with Crippen molar-refractivity contribution < 1.29 is 19.4 Å². The Bertz CT molecular complexity index is 543. The van der Waals surface area contributed by atoms with E-state index in [0.717, 1.165) is 11.1 Å². The number of Topliss-reactive ketones (excluding diaryl/α,β-unsaturated/α-hetero) is 1. The maximum absolute atomic E-state index is 11.6. The van der Waals surface area contributed by atoms with E-state index in [2.05, 4.69) is 0 Å². The summed E-state index contributed by atoms with van der Waals surface area (Å²) >= 11 is 0. The molecule has 0 bridgehead atoms. The molecule has 1 unspecified atom stereocenters. The Morgan fingerprint density at radius 2 is 1.88 bits per heavy atom. The number of benzene rings is 1. The predicted octanol–water partition coefficient (Wildman–Crippen LogP) is 2.23. The second-order valence-electron chi connectivity index (χ2n) is 4.42. The fourth-order valence-electron chi connectivity index (χ4n) is 2.24. The molecule has 90 valence electrons. The van der Waals surface area contributed by atoms with E-state index in [0.29, 0.717) is 5.56 Å². The molecule has 1 aromatic rings. The van der Waals surface area contributed by atoms with E-state index in [1.165, 1.54) is 6.92 Å². The molecule has 2 rings (SSSR count). The molecular weight excluding hydrogens is 220 g/mol. The Labute approximate surface area is 99.2 Å². The Morgan fingerprint density at radius 3 is 2.41 bits per heavy atom. The summed E-state index contributed by atoms with van der Waals surface area (Å²) in [6.45, 7) is 6.63. The molecular formula is C13H14O4. The van der Waals surface area contributed by atoms with Gasteiger partial charge in [-0.3, -0.25) is 9.59 Å². The first-order valence-electron chi connectivity index (χ1n) is 5.44. The van der Waals surface area contributed by atoms with Crippen molar-refractivity contribution in [2.24, 2.45) is 0 Å². The van der Waals surface area contributed by atoms with Gasteiger partial charge < -0.3 is 9.84 Å². The van der Waals surface area contributed by atoms with Crippen LogP contribution in [0.3, 0.4) is 0 Å². The predicted molar refractivity (Wildman–Crippen MR) is 61.6 cm³/mol. The van der Waals surface area contributed by atoms with Gasteiger partial charge in [0.1, 0.15) is 17.1 Å². The maximum Gasteiger partial charge on any atom is 0.318 e. The molecule has 1 heterocycles. The van der Waals surface area contributed by atoms with Crippen molar-refractivity contribution in [1.29, 1.82) is 0 Å². The summed E-state index contributed by atoms with van der Waals surface area (Å²) in [5.41, 5.74) is 2.26. The van der Waals surface area contributed by atoms with Crippen LogP contribution in [0, 0.1) is 13.8 Å². The smallest absolute Gasteiger partial charge is 0.318 e. The molecule has 0 aliphatic carbocycles. The number of hydrogen-bond acceptors (Lipinski definition) is 4. The third-order valence-corrected chi connectivity index (χ3v) is 3.37. The van der Waals surface area contributed by atoms with Crippen molar-refractivity contribution in [2.75, 3.05) is 0 Å². The summed E-state index contributed by atoms with van der Waals surface area (Å²) in [6.07, 6.45) is 0. The lowest BCUT2D eigenvalue weighted by Crippen LogP contribution is -2.06. The summed E-state index contributed by atoms with van der Waals surface area (Å²) in [4.78, 5) is 23.1. The molecule has 1 aliphatic rings. The summed E-state index contributed by atoms with van der Waals surface area (Å²) in [5, 5.41) is 9.97. The minimum Gasteiger partial charge on any atom is -0.507 e.